The molecule has 0 saturated heterocycles. The molecular weight excluding hydrogens is 463 g/mol. The lowest BCUT2D eigenvalue weighted by molar-refractivity contribution is 1.71. The monoisotopic (exact) mass is 488 g/mol. The Morgan fingerprint density at radius 2 is 0.865 bits per heavy atom. The van der Waals surface area contributed by atoms with Crippen LogP contribution in [0.25, 0.3) is 43.4 Å². The van der Waals surface area contributed by atoms with Crippen LogP contribution < -0.4 is 15.9 Å². The average molecular weight is 489 g/mol. The minimum atomic E-state index is -0.739. The molecule has 0 radical (unpaired) electrons. The van der Waals surface area contributed by atoms with Crippen molar-refractivity contribution in [2.45, 2.75) is 0 Å². The first-order valence-corrected chi connectivity index (χ1v) is 14.1. The zero-order valence-electron chi connectivity index (χ0n) is 20.4. The summed E-state index contributed by atoms with van der Waals surface area (Å²) in [4.78, 5) is 0. The van der Waals surface area contributed by atoms with Crippen LogP contribution in [-0.2, 0) is 0 Å². The van der Waals surface area contributed by atoms with E-state index in [9.17, 15) is 0 Å². The van der Waals surface area contributed by atoms with Gasteiger partial charge in [0, 0.05) is 0 Å². The molecule has 37 heavy (non-hydrogen) atoms. The highest BCUT2D eigenvalue weighted by Gasteiger charge is 2.21. The molecule has 0 atom stereocenters. The van der Waals surface area contributed by atoms with Crippen LogP contribution in [0.4, 0.5) is 0 Å². The SMILES string of the molecule is c1ccc(P(c2ccccc2)c2cccc3cccc(-c4c5ccccc5cc5ccccc45)c23)cc1. The maximum Gasteiger partial charge on any atom is -0.00203 e. The van der Waals surface area contributed by atoms with Gasteiger partial charge in [0.1, 0.15) is 0 Å². The summed E-state index contributed by atoms with van der Waals surface area (Å²) in [5.74, 6) is 0. The molecule has 0 saturated carbocycles. The molecule has 0 unspecified atom stereocenters. The van der Waals surface area contributed by atoms with Gasteiger partial charge in [-0.1, -0.05) is 146 Å². The summed E-state index contributed by atoms with van der Waals surface area (Å²) in [7, 11) is -0.739. The summed E-state index contributed by atoms with van der Waals surface area (Å²) in [6, 6.07) is 55.6. The minimum Gasteiger partial charge on any atom is -0.0622 e. The minimum absolute atomic E-state index is 0.739. The van der Waals surface area contributed by atoms with Gasteiger partial charge in [-0.05, 0) is 73.3 Å². The van der Waals surface area contributed by atoms with Gasteiger partial charge < -0.3 is 0 Å². The van der Waals surface area contributed by atoms with Crippen molar-refractivity contribution in [1.82, 2.24) is 0 Å². The van der Waals surface area contributed by atoms with Crippen LogP contribution in [0.15, 0.2) is 152 Å². The van der Waals surface area contributed by atoms with Crippen molar-refractivity contribution >= 4 is 56.2 Å². The molecular formula is C36H25P. The molecule has 1 heteroatoms. The molecule has 7 rings (SSSR count). The second-order valence-corrected chi connectivity index (χ2v) is 11.6. The van der Waals surface area contributed by atoms with Gasteiger partial charge in [-0.3, -0.25) is 0 Å². The van der Waals surface area contributed by atoms with Crippen molar-refractivity contribution in [2.75, 3.05) is 0 Å². The average Bonchev–Trinajstić information content (AvgIpc) is 2.97. The van der Waals surface area contributed by atoms with Gasteiger partial charge in [0.05, 0.1) is 0 Å². The highest BCUT2D eigenvalue weighted by molar-refractivity contribution is 7.80. The Hall–Kier alpha value is -4.25. The number of benzene rings is 7. The predicted octanol–water partition coefficient (Wildman–Crippen LogP) is 8.57. The Labute approximate surface area is 218 Å². The second kappa shape index (κ2) is 9.32. The van der Waals surface area contributed by atoms with Gasteiger partial charge in [0.25, 0.3) is 0 Å². The molecule has 0 bridgehead atoms. The fraction of sp³-hybridized carbons (Fsp3) is 0. The second-order valence-electron chi connectivity index (χ2n) is 9.38. The van der Waals surface area contributed by atoms with Crippen molar-refractivity contribution in [3.63, 3.8) is 0 Å². The van der Waals surface area contributed by atoms with Crippen LogP contribution in [0, 0.1) is 0 Å². The van der Waals surface area contributed by atoms with Gasteiger partial charge in [-0.25, -0.2) is 0 Å². The fourth-order valence-electron chi connectivity index (χ4n) is 5.60. The number of hydrogen-bond donors (Lipinski definition) is 0. The maximum absolute atomic E-state index is 2.35. The van der Waals surface area contributed by atoms with E-state index in [0.717, 1.165) is 0 Å². The van der Waals surface area contributed by atoms with E-state index in [4.69, 9.17) is 0 Å². The standard InChI is InChI=1S/C36H25P/c1-3-17-29(18-4-1)37(30-19-5-2-6-20-30)34-24-12-16-26-15-11-23-33(35(26)34)36-31-21-9-7-13-27(31)25-28-14-8-10-22-32(28)36/h1-25H. The van der Waals surface area contributed by atoms with Crippen molar-refractivity contribution < 1.29 is 0 Å². The van der Waals surface area contributed by atoms with Crippen LogP contribution in [-0.4, -0.2) is 0 Å². The van der Waals surface area contributed by atoms with E-state index in [-0.39, 0.29) is 0 Å². The Morgan fingerprint density at radius 3 is 1.46 bits per heavy atom. The number of fused-ring (bicyclic) bond motifs is 3. The Bertz CT molecular complexity index is 1770. The topological polar surface area (TPSA) is 0 Å². The number of hydrogen-bond acceptors (Lipinski definition) is 0. The van der Waals surface area contributed by atoms with Gasteiger partial charge in [0.2, 0.25) is 0 Å². The molecule has 7 aromatic rings. The Morgan fingerprint density at radius 1 is 0.378 bits per heavy atom. The summed E-state index contributed by atoms with van der Waals surface area (Å²) in [6.07, 6.45) is 0. The molecule has 0 amide bonds. The van der Waals surface area contributed by atoms with Gasteiger partial charge in [-0.15, -0.1) is 0 Å². The van der Waals surface area contributed by atoms with Gasteiger partial charge >= 0.3 is 0 Å². The lowest BCUT2D eigenvalue weighted by Crippen LogP contribution is -2.21. The van der Waals surface area contributed by atoms with E-state index in [0.29, 0.717) is 0 Å². The summed E-state index contributed by atoms with van der Waals surface area (Å²) >= 11 is 0. The van der Waals surface area contributed by atoms with Crippen LogP contribution in [0.2, 0.25) is 0 Å². The first-order valence-electron chi connectivity index (χ1n) is 12.7. The molecule has 0 nitrogen and oxygen atoms in total. The third kappa shape index (κ3) is 3.82. The maximum atomic E-state index is 2.35. The van der Waals surface area contributed by atoms with E-state index in [1.807, 2.05) is 0 Å². The van der Waals surface area contributed by atoms with Crippen LogP contribution in [0.1, 0.15) is 0 Å². The van der Waals surface area contributed by atoms with Gasteiger partial charge in [-0.2, -0.15) is 0 Å². The Balaban J connectivity index is 1.62. The van der Waals surface area contributed by atoms with Gasteiger partial charge in [0.15, 0.2) is 0 Å². The van der Waals surface area contributed by atoms with E-state index < -0.39 is 7.92 Å². The molecule has 0 N–H and O–H groups in total. The van der Waals surface area contributed by atoms with Crippen molar-refractivity contribution in [3.05, 3.63) is 152 Å². The largest absolute Gasteiger partial charge is 0.0622 e. The van der Waals surface area contributed by atoms with Crippen LogP contribution >= 0.6 is 7.92 Å². The summed E-state index contributed by atoms with van der Waals surface area (Å²) in [5.41, 5.74) is 2.63. The van der Waals surface area contributed by atoms with E-state index in [2.05, 4.69) is 152 Å². The Kier molecular flexibility index (Phi) is 5.54. The summed E-state index contributed by atoms with van der Waals surface area (Å²) in [5, 5.41) is 11.9. The van der Waals surface area contributed by atoms with Crippen LogP contribution in [0.3, 0.4) is 0 Å². The molecule has 0 aliphatic carbocycles. The molecule has 0 fully saturated rings. The first kappa shape index (κ1) is 22.0. The lowest BCUT2D eigenvalue weighted by atomic mass is 9.89. The van der Waals surface area contributed by atoms with Crippen molar-refractivity contribution in [1.29, 1.82) is 0 Å². The normalized spacial score (nSPS) is 11.5. The molecule has 0 spiro atoms. The van der Waals surface area contributed by atoms with E-state index in [1.54, 1.807) is 0 Å². The highest BCUT2D eigenvalue weighted by Crippen LogP contribution is 2.43. The molecule has 0 aliphatic heterocycles. The van der Waals surface area contributed by atoms with Crippen molar-refractivity contribution in [2.24, 2.45) is 0 Å². The quantitative estimate of drug-likeness (QED) is 0.172. The zero-order valence-corrected chi connectivity index (χ0v) is 21.3. The van der Waals surface area contributed by atoms with E-state index in [1.165, 1.54) is 59.4 Å². The van der Waals surface area contributed by atoms with Crippen LogP contribution in [0.5, 0.6) is 0 Å². The number of rotatable bonds is 4. The molecule has 0 aliphatic rings. The molecule has 0 aromatic heterocycles. The molecule has 7 aromatic carbocycles. The summed E-state index contributed by atoms with van der Waals surface area (Å²) < 4.78 is 0. The zero-order chi connectivity index (χ0) is 24.6. The summed E-state index contributed by atoms with van der Waals surface area (Å²) in [6.45, 7) is 0. The van der Waals surface area contributed by atoms with E-state index >= 15 is 0 Å². The third-order valence-electron chi connectivity index (χ3n) is 7.19. The lowest BCUT2D eigenvalue weighted by Gasteiger charge is -2.23. The first-order chi connectivity index (χ1) is 18.4. The fourth-order valence-corrected chi connectivity index (χ4v) is 8.10. The molecule has 174 valence electrons. The highest BCUT2D eigenvalue weighted by atomic mass is 31.1. The predicted molar refractivity (Wildman–Crippen MR) is 163 cm³/mol. The smallest absolute Gasteiger partial charge is 0.00203 e. The third-order valence-corrected chi connectivity index (χ3v) is 9.68. The molecule has 0 heterocycles. The van der Waals surface area contributed by atoms with Crippen molar-refractivity contribution in [3.8, 4) is 11.1 Å².